The van der Waals surface area contributed by atoms with Crippen molar-refractivity contribution < 1.29 is 4.79 Å². The Morgan fingerprint density at radius 1 is 0.758 bits per heavy atom. The summed E-state index contributed by atoms with van der Waals surface area (Å²) in [6, 6.07) is 10.4. The van der Waals surface area contributed by atoms with Gasteiger partial charge in [0, 0.05) is 13.1 Å². The number of unbranched alkanes of at least 4 members (excludes halogenated alkanes) is 15. The van der Waals surface area contributed by atoms with Crippen LogP contribution in [0, 0.1) is 0 Å². The van der Waals surface area contributed by atoms with Crippen LogP contribution in [0.2, 0.25) is 0 Å². The Bertz CT molecular complexity index is 595. The van der Waals surface area contributed by atoms with Gasteiger partial charge in [-0.05, 0) is 18.5 Å². The van der Waals surface area contributed by atoms with E-state index < -0.39 is 0 Å². The minimum absolute atomic E-state index is 0.191. The Labute approximate surface area is 208 Å². The average molecular weight is 475 g/mol. The van der Waals surface area contributed by atoms with Gasteiger partial charge in [0.15, 0.2) is 0 Å². The maximum absolute atomic E-state index is 12.3. The molecule has 1 atom stereocenters. The van der Waals surface area contributed by atoms with Gasteiger partial charge in [-0.1, -0.05) is 134 Å². The van der Waals surface area contributed by atoms with Crippen LogP contribution in [0.4, 0.5) is 0 Å². The molecule has 0 aliphatic carbocycles. The summed E-state index contributed by atoms with van der Waals surface area (Å²) < 4.78 is 0. The normalized spacial score (nSPS) is 16.1. The van der Waals surface area contributed by atoms with Crippen molar-refractivity contribution in [1.82, 2.24) is 10.2 Å². The van der Waals surface area contributed by atoms with Gasteiger partial charge in [-0.15, -0.1) is 11.8 Å². The number of carbonyl (C=O) groups excluding carboxylic acids is 1. The Hall–Kier alpha value is -1.00. The molecular weight excluding hydrogens is 424 g/mol. The van der Waals surface area contributed by atoms with Crippen LogP contribution in [-0.4, -0.2) is 36.2 Å². The lowest BCUT2D eigenvalue weighted by atomic mass is 10.0. The molecule has 1 amide bonds. The molecule has 1 saturated heterocycles. The fourth-order valence-electron chi connectivity index (χ4n) is 4.71. The first-order valence-corrected chi connectivity index (χ1v) is 15.0. The number of hydrogen-bond acceptors (Lipinski definition) is 3. The van der Waals surface area contributed by atoms with Gasteiger partial charge in [-0.3, -0.25) is 4.79 Å². The first kappa shape index (κ1) is 28.2. The highest BCUT2D eigenvalue weighted by Gasteiger charge is 2.31. The van der Waals surface area contributed by atoms with Crippen LogP contribution in [0.3, 0.4) is 0 Å². The van der Waals surface area contributed by atoms with Crippen LogP contribution >= 0.6 is 11.8 Å². The molecule has 3 nitrogen and oxygen atoms in total. The van der Waals surface area contributed by atoms with Gasteiger partial charge >= 0.3 is 0 Å². The molecular formula is C29H50N2OS. The number of amides is 1. The van der Waals surface area contributed by atoms with Gasteiger partial charge in [0.25, 0.3) is 0 Å². The van der Waals surface area contributed by atoms with Crippen LogP contribution in [0.1, 0.15) is 121 Å². The van der Waals surface area contributed by atoms with Crippen molar-refractivity contribution in [3.05, 3.63) is 35.9 Å². The van der Waals surface area contributed by atoms with E-state index in [0.29, 0.717) is 5.75 Å². The zero-order valence-electron chi connectivity index (χ0n) is 21.4. The first-order chi connectivity index (χ1) is 16.3. The molecule has 1 aromatic rings. The largest absolute Gasteiger partial charge is 0.325 e. The maximum atomic E-state index is 12.3. The number of rotatable bonds is 21. The molecule has 1 fully saturated rings. The molecule has 1 heterocycles. The quantitative estimate of drug-likeness (QED) is 0.183. The van der Waals surface area contributed by atoms with Crippen molar-refractivity contribution in [2.45, 2.75) is 115 Å². The molecule has 1 aliphatic rings. The third-order valence-corrected chi connectivity index (χ3v) is 8.05. The highest BCUT2D eigenvalue weighted by Crippen LogP contribution is 2.37. The first-order valence-electron chi connectivity index (χ1n) is 14.0. The fourth-order valence-corrected chi connectivity index (χ4v) is 5.93. The van der Waals surface area contributed by atoms with E-state index in [2.05, 4.69) is 36.5 Å². The molecule has 33 heavy (non-hydrogen) atoms. The molecule has 0 saturated carbocycles. The molecule has 0 spiro atoms. The third kappa shape index (κ3) is 12.9. The number of thioether (sulfide) groups is 1. The standard InChI is InChI=1S/C29H50N2OS/c1-2-3-4-5-6-7-8-9-10-11-12-13-14-15-16-20-23-30-24-25-31-28(32)26-33-29(31)27-21-18-17-19-22-27/h17-19,21-22,29-30H,2-16,20,23-26H2,1H3. The number of nitrogens with one attached hydrogen (secondary N) is 1. The highest BCUT2D eigenvalue weighted by molar-refractivity contribution is 8.00. The van der Waals surface area contributed by atoms with E-state index in [1.807, 2.05) is 11.0 Å². The zero-order chi connectivity index (χ0) is 23.4. The smallest absolute Gasteiger partial charge is 0.233 e. The van der Waals surface area contributed by atoms with Crippen LogP contribution in [-0.2, 0) is 4.79 Å². The lowest BCUT2D eigenvalue weighted by Crippen LogP contribution is -2.35. The number of benzene rings is 1. The monoisotopic (exact) mass is 474 g/mol. The maximum Gasteiger partial charge on any atom is 0.233 e. The van der Waals surface area contributed by atoms with E-state index in [1.165, 1.54) is 108 Å². The van der Waals surface area contributed by atoms with Gasteiger partial charge < -0.3 is 10.2 Å². The summed E-state index contributed by atoms with van der Waals surface area (Å²) in [4.78, 5) is 14.3. The number of nitrogens with zero attached hydrogens (tertiary/aromatic N) is 1. The second kappa shape index (κ2) is 19.3. The molecule has 1 N–H and O–H groups in total. The van der Waals surface area contributed by atoms with Crippen LogP contribution in [0.15, 0.2) is 30.3 Å². The predicted octanol–water partition coefficient (Wildman–Crippen LogP) is 8.11. The van der Waals surface area contributed by atoms with Gasteiger partial charge in [0.05, 0.1) is 5.75 Å². The molecule has 0 bridgehead atoms. The summed E-state index contributed by atoms with van der Waals surface area (Å²) >= 11 is 1.75. The SMILES string of the molecule is CCCCCCCCCCCCCCCCCCNCCN1C(=O)CSC1c1ccccc1. The predicted molar refractivity (Wildman–Crippen MR) is 146 cm³/mol. The van der Waals surface area contributed by atoms with Gasteiger partial charge in [-0.2, -0.15) is 0 Å². The minimum atomic E-state index is 0.191. The summed E-state index contributed by atoms with van der Waals surface area (Å²) in [6.07, 6.45) is 22.6. The molecule has 1 aliphatic heterocycles. The van der Waals surface area contributed by atoms with E-state index in [0.717, 1.165) is 19.6 Å². The zero-order valence-corrected chi connectivity index (χ0v) is 22.2. The average Bonchev–Trinajstić information content (AvgIpc) is 3.21. The Kier molecular flexibility index (Phi) is 16.5. The van der Waals surface area contributed by atoms with Gasteiger partial charge in [0.2, 0.25) is 5.91 Å². The van der Waals surface area contributed by atoms with Crippen molar-refractivity contribution in [3.8, 4) is 0 Å². The van der Waals surface area contributed by atoms with Crippen molar-refractivity contribution >= 4 is 17.7 Å². The van der Waals surface area contributed by atoms with Gasteiger partial charge in [0.1, 0.15) is 5.37 Å². The topological polar surface area (TPSA) is 32.3 Å². The molecule has 0 aromatic heterocycles. The van der Waals surface area contributed by atoms with Crippen LogP contribution in [0.25, 0.3) is 0 Å². The summed E-state index contributed by atoms with van der Waals surface area (Å²) in [5.41, 5.74) is 1.24. The van der Waals surface area contributed by atoms with E-state index >= 15 is 0 Å². The summed E-state index contributed by atoms with van der Waals surface area (Å²) in [6.45, 7) is 5.07. The van der Waals surface area contributed by atoms with Crippen molar-refractivity contribution in [3.63, 3.8) is 0 Å². The summed E-state index contributed by atoms with van der Waals surface area (Å²) in [5, 5.41) is 3.74. The van der Waals surface area contributed by atoms with E-state index in [9.17, 15) is 4.79 Å². The molecule has 2 rings (SSSR count). The number of hydrogen-bond donors (Lipinski definition) is 1. The fraction of sp³-hybridized carbons (Fsp3) is 0.759. The Balaban J connectivity index is 1.33. The van der Waals surface area contributed by atoms with Gasteiger partial charge in [-0.25, -0.2) is 0 Å². The molecule has 1 aromatic carbocycles. The second-order valence-electron chi connectivity index (χ2n) is 9.71. The summed E-state index contributed by atoms with van der Waals surface area (Å²) in [7, 11) is 0. The Morgan fingerprint density at radius 2 is 1.27 bits per heavy atom. The summed E-state index contributed by atoms with van der Waals surface area (Å²) in [5.74, 6) is 0.886. The third-order valence-electron chi connectivity index (χ3n) is 6.79. The van der Waals surface area contributed by atoms with Crippen LogP contribution in [0.5, 0.6) is 0 Å². The lowest BCUT2D eigenvalue weighted by Gasteiger charge is -2.24. The Morgan fingerprint density at radius 3 is 1.82 bits per heavy atom. The van der Waals surface area contributed by atoms with Crippen molar-refractivity contribution in [2.75, 3.05) is 25.4 Å². The number of carbonyl (C=O) groups is 1. The van der Waals surface area contributed by atoms with E-state index in [-0.39, 0.29) is 11.3 Å². The minimum Gasteiger partial charge on any atom is -0.325 e. The van der Waals surface area contributed by atoms with Crippen molar-refractivity contribution in [1.29, 1.82) is 0 Å². The van der Waals surface area contributed by atoms with Crippen molar-refractivity contribution in [2.24, 2.45) is 0 Å². The highest BCUT2D eigenvalue weighted by atomic mass is 32.2. The molecule has 4 heteroatoms. The van der Waals surface area contributed by atoms with E-state index in [1.54, 1.807) is 11.8 Å². The van der Waals surface area contributed by atoms with E-state index in [4.69, 9.17) is 0 Å². The molecule has 188 valence electrons. The lowest BCUT2D eigenvalue weighted by molar-refractivity contribution is -0.128. The van der Waals surface area contributed by atoms with Crippen LogP contribution < -0.4 is 5.32 Å². The second-order valence-corrected chi connectivity index (χ2v) is 10.8. The molecule has 0 radical (unpaired) electrons. The molecule has 1 unspecified atom stereocenters.